The van der Waals surface area contributed by atoms with Gasteiger partial charge < -0.3 is 0 Å². The minimum atomic E-state index is 0.627. The molecule has 57 heavy (non-hydrogen) atoms. The molecule has 6 heteroatoms. The summed E-state index contributed by atoms with van der Waals surface area (Å²) < 4.78 is 6.76. The lowest BCUT2D eigenvalue weighted by molar-refractivity contribution is 1.01. The summed E-state index contributed by atoms with van der Waals surface area (Å²) in [6.07, 6.45) is 0. The molecule has 0 spiro atoms. The van der Waals surface area contributed by atoms with Crippen LogP contribution in [0.25, 0.3) is 106 Å². The highest BCUT2D eigenvalue weighted by atomic mass is 15.2. The normalized spacial score (nSPS) is 11.9. The first-order valence-corrected chi connectivity index (χ1v) is 19.2. The summed E-state index contributed by atoms with van der Waals surface area (Å²) >= 11 is 0. The largest absolute Gasteiger partial charge is 0.278 e. The highest BCUT2D eigenvalue weighted by Crippen LogP contribution is 2.37. The molecule has 4 aromatic heterocycles. The first-order chi connectivity index (χ1) is 28.3. The van der Waals surface area contributed by atoms with Crippen molar-refractivity contribution >= 4 is 60.6 Å². The monoisotopic (exact) mass is 728 g/mol. The van der Waals surface area contributed by atoms with Crippen molar-refractivity contribution in [2.24, 2.45) is 0 Å². The van der Waals surface area contributed by atoms with E-state index in [1.54, 1.807) is 0 Å². The summed E-state index contributed by atoms with van der Waals surface area (Å²) in [5, 5.41) is 3.25. The van der Waals surface area contributed by atoms with Gasteiger partial charge in [0.15, 0.2) is 0 Å². The van der Waals surface area contributed by atoms with Crippen LogP contribution in [0.3, 0.4) is 0 Å². The van der Waals surface area contributed by atoms with Crippen molar-refractivity contribution in [1.82, 2.24) is 28.5 Å². The number of para-hydroxylation sites is 5. The minimum Gasteiger partial charge on any atom is -0.278 e. The molecule has 4 heterocycles. The molecular formula is C51H32N6. The smallest absolute Gasteiger partial charge is 0.235 e. The number of imidazole rings is 2. The van der Waals surface area contributed by atoms with E-state index >= 15 is 0 Å². The lowest BCUT2D eigenvalue weighted by atomic mass is 9.99. The molecule has 0 N–H and O–H groups in total. The van der Waals surface area contributed by atoms with E-state index in [4.69, 9.17) is 15.0 Å². The van der Waals surface area contributed by atoms with Crippen LogP contribution in [0.1, 0.15) is 0 Å². The van der Waals surface area contributed by atoms with Gasteiger partial charge in [0, 0.05) is 27.4 Å². The Labute approximate surface area is 327 Å². The van der Waals surface area contributed by atoms with Crippen LogP contribution < -0.4 is 0 Å². The van der Waals surface area contributed by atoms with Crippen LogP contribution in [-0.2, 0) is 0 Å². The van der Waals surface area contributed by atoms with Gasteiger partial charge in [-0.3, -0.25) is 13.5 Å². The average Bonchev–Trinajstić information content (AvgIpc) is 3.93. The molecule has 12 aromatic rings. The molecule has 6 nitrogen and oxygen atoms in total. The maximum atomic E-state index is 5.43. The summed E-state index contributed by atoms with van der Waals surface area (Å²) in [7, 11) is 0. The second-order valence-electron chi connectivity index (χ2n) is 14.5. The van der Waals surface area contributed by atoms with Crippen molar-refractivity contribution in [1.29, 1.82) is 0 Å². The Balaban J connectivity index is 1.09. The first-order valence-electron chi connectivity index (χ1n) is 19.2. The van der Waals surface area contributed by atoms with Crippen LogP contribution in [0, 0.1) is 0 Å². The predicted octanol–water partition coefficient (Wildman–Crippen LogP) is 12.5. The molecule has 0 aliphatic carbocycles. The SMILES string of the molecule is c1ccc(-c2ccc(-c3nc(-n4c5ccccc5c5cc(-n6c7ccccc7n7c8ccccc8nc67)ccc54)nc4cc(-c5ccccc5)ccc34)cc2)cc1. The minimum absolute atomic E-state index is 0.627. The Hall–Kier alpha value is -7.83. The molecule has 0 aliphatic rings. The summed E-state index contributed by atoms with van der Waals surface area (Å²) in [6.45, 7) is 0. The maximum Gasteiger partial charge on any atom is 0.235 e. The van der Waals surface area contributed by atoms with Crippen molar-refractivity contribution in [2.45, 2.75) is 0 Å². The average molecular weight is 729 g/mol. The summed E-state index contributed by atoms with van der Waals surface area (Å²) in [4.78, 5) is 15.9. The number of nitrogens with zero attached hydrogens (tertiary/aromatic N) is 6. The molecule has 12 rings (SSSR count). The van der Waals surface area contributed by atoms with Crippen molar-refractivity contribution in [3.05, 3.63) is 194 Å². The van der Waals surface area contributed by atoms with E-state index in [-0.39, 0.29) is 0 Å². The van der Waals surface area contributed by atoms with E-state index in [9.17, 15) is 0 Å². The second-order valence-corrected chi connectivity index (χ2v) is 14.5. The Kier molecular flexibility index (Phi) is 6.83. The van der Waals surface area contributed by atoms with Crippen LogP contribution in [0.2, 0.25) is 0 Å². The third-order valence-electron chi connectivity index (χ3n) is 11.3. The van der Waals surface area contributed by atoms with Gasteiger partial charge in [0.25, 0.3) is 0 Å². The standard InChI is InChI=1S/C51H32N6/c1-3-13-33(14-4-1)35-23-25-36(26-24-35)49-40-29-27-37(34-15-5-2-6-16-34)31-43(40)52-50(54-49)56-44-19-9-7-17-39(44)41-32-38(28-30-45(41)56)55-47-21-11-12-22-48(47)57-46-20-10-8-18-42(46)53-51(55)57/h1-32H. The molecule has 266 valence electrons. The Morgan fingerprint density at radius 2 is 0.912 bits per heavy atom. The lowest BCUT2D eigenvalue weighted by Crippen LogP contribution is -2.04. The molecule has 0 atom stereocenters. The van der Waals surface area contributed by atoms with Crippen molar-refractivity contribution < 1.29 is 0 Å². The van der Waals surface area contributed by atoms with E-state index < -0.39 is 0 Å². The topological polar surface area (TPSA) is 52.9 Å². The highest BCUT2D eigenvalue weighted by Gasteiger charge is 2.21. The molecule has 0 radical (unpaired) electrons. The summed E-state index contributed by atoms with van der Waals surface area (Å²) in [5.74, 6) is 1.51. The zero-order valence-corrected chi connectivity index (χ0v) is 30.7. The molecule has 0 bridgehead atoms. The van der Waals surface area contributed by atoms with E-state index in [1.807, 2.05) is 18.2 Å². The van der Waals surface area contributed by atoms with Gasteiger partial charge in [-0.1, -0.05) is 133 Å². The molecular weight excluding hydrogens is 697 g/mol. The Morgan fingerprint density at radius 1 is 0.316 bits per heavy atom. The fraction of sp³-hybridized carbons (Fsp3) is 0. The van der Waals surface area contributed by atoms with E-state index in [0.717, 1.165) is 88.6 Å². The molecule has 0 saturated heterocycles. The number of benzene rings is 8. The quantitative estimate of drug-likeness (QED) is 0.177. The summed E-state index contributed by atoms with van der Waals surface area (Å²) in [6, 6.07) is 68.4. The number of aromatic nitrogens is 6. The second kappa shape index (κ2) is 12.3. The molecule has 0 unspecified atom stereocenters. The molecule has 0 saturated carbocycles. The first kappa shape index (κ1) is 31.5. The van der Waals surface area contributed by atoms with Gasteiger partial charge in [0.1, 0.15) is 0 Å². The van der Waals surface area contributed by atoms with Crippen molar-refractivity contribution in [3.8, 4) is 45.1 Å². The lowest BCUT2D eigenvalue weighted by Gasteiger charge is -2.13. The fourth-order valence-electron chi connectivity index (χ4n) is 8.62. The number of fused-ring (bicyclic) bond motifs is 9. The molecule has 0 amide bonds. The van der Waals surface area contributed by atoms with Gasteiger partial charge in [0.2, 0.25) is 11.7 Å². The van der Waals surface area contributed by atoms with Crippen molar-refractivity contribution in [3.63, 3.8) is 0 Å². The van der Waals surface area contributed by atoms with Gasteiger partial charge in [-0.25, -0.2) is 15.0 Å². The number of hydrogen-bond donors (Lipinski definition) is 0. The van der Waals surface area contributed by atoms with E-state index in [2.05, 4.69) is 189 Å². The summed E-state index contributed by atoms with van der Waals surface area (Å²) in [5.41, 5.74) is 14.8. The third-order valence-corrected chi connectivity index (χ3v) is 11.3. The molecule has 0 fully saturated rings. The molecule has 0 aliphatic heterocycles. The molecule has 8 aromatic carbocycles. The number of hydrogen-bond acceptors (Lipinski definition) is 3. The van der Waals surface area contributed by atoms with Gasteiger partial charge in [-0.2, -0.15) is 0 Å². The third kappa shape index (κ3) is 4.87. The zero-order chi connectivity index (χ0) is 37.5. The number of rotatable bonds is 5. The van der Waals surface area contributed by atoms with Gasteiger partial charge in [-0.05, 0) is 82.9 Å². The fourth-order valence-corrected chi connectivity index (χ4v) is 8.62. The van der Waals surface area contributed by atoms with E-state index in [0.29, 0.717) is 5.95 Å². The van der Waals surface area contributed by atoms with Gasteiger partial charge in [0.05, 0.1) is 44.3 Å². The van der Waals surface area contributed by atoms with Gasteiger partial charge in [-0.15, -0.1) is 0 Å². The predicted molar refractivity (Wildman–Crippen MR) is 233 cm³/mol. The van der Waals surface area contributed by atoms with Crippen LogP contribution in [0.5, 0.6) is 0 Å². The highest BCUT2D eigenvalue weighted by molar-refractivity contribution is 6.10. The Morgan fingerprint density at radius 3 is 1.70 bits per heavy atom. The van der Waals surface area contributed by atoms with Crippen LogP contribution in [-0.4, -0.2) is 28.5 Å². The van der Waals surface area contributed by atoms with Gasteiger partial charge >= 0.3 is 0 Å². The van der Waals surface area contributed by atoms with Crippen LogP contribution in [0.4, 0.5) is 0 Å². The maximum absolute atomic E-state index is 5.43. The zero-order valence-electron chi connectivity index (χ0n) is 30.7. The Bertz CT molecular complexity index is 3500. The van der Waals surface area contributed by atoms with Crippen LogP contribution in [0.15, 0.2) is 194 Å². The van der Waals surface area contributed by atoms with Crippen LogP contribution >= 0.6 is 0 Å². The van der Waals surface area contributed by atoms with Crippen molar-refractivity contribution in [2.75, 3.05) is 0 Å². The van der Waals surface area contributed by atoms with E-state index in [1.165, 1.54) is 11.1 Å².